The van der Waals surface area contributed by atoms with Crippen molar-refractivity contribution in [2.75, 3.05) is 11.4 Å². The van der Waals surface area contributed by atoms with Crippen LogP contribution in [0.25, 0.3) is 0 Å². The van der Waals surface area contributed by atoms with Crippen LogP contribution >= 0.6 is 0 Å². The van der Waals surface area contributed by atoms with Crippen molar-refractivity contribution < 1.29 is 27.6 Å². The number of carbonyl (C=O) groups excluding carboxylic acids is 3. The Balaban J connectivity index is 1.95. The Kier molecular flexibility index (Phi) is 6.49. The molecule has 2 aromatic carbocycles. The summed E-state index contributed by atoms with van der Waals surface area (Å²) in [5.41, 5.74) is -0.137. The van der Waals surface area contributed by atoms with Gasteiger partial charge in [0.1, 0.15) is 6.54 Å². The molecule has 4 rings (SSSR count). The average Bonchev–Trinajstić information content (AvgIpc) is 2.86. The van der Waals surface area contributed by atoms with Gasteiger partial charge in [0.15, 0.2) is 5.78 Å². The topological polar surface area (TPSA) is 117 Å². The minimum Gasteiger partial charge on any atom is -0.324 e. The summed E-state index contributed by atoms with van der Waals surface area (Å²) in [5, 5.41) is 20.3. The Hall–Kier alpha value is -4.64. The summed E-state index contributed by atoms with van der Waals surface area (Å²) in [5.74, 6) is -0.354. The standard InChI is InChI=1S/C25H18F3N5O3/c26-25(27,28)17-3-1-4-18(13-17)32-19-5-2-6-20(34)21(19)22(16-9-7-15(14-30)8-10-16)33(24(32)36)23(35)31-12-11-29/h1,3-4,7-10,13,22H,2,5-6,12H2,(H,31,35). The van der Waals surface area contributed by atoms with Crippen LogP contribution in [0.5, 0.6) is 0 Å². The quantitative estimate of drug-likeness (QED) is 0.617. The molecule has 0 spiro atoms. The number of urea groups is 2. The van der Waals surface area contributed by atoms with Gasteiger partial charge in [-0.3, -0.25) is 9.69 Å². The number of amides is 4. The highest BCUT2D eigenvalue weighted by atomic mass is 19.4. The molecule has 2 aliphatic rings. The molecule has 1 unspecified atom stereocenters. The van der Waals surface area contributed by atoms with E-state index in [9.17, 15) is 27.6 Å². The van der Waals surface area contributed by atoms with E-state index in [1.54, 1.807) is 6.07 Å². The molecule has 0 saturated heterocycles. The van der Waals surface area contributed by atoms with Crippen LogP contribution in [0.15, 0.2) is 59.8 Å². The lowest BCUT2D eigenvalue weighted by atomic mass is 9.83. The second kappa shape index (κ2) is 9.55. The van der Waals surface area contributed by atoms with E-state index in [-0.39, 0.29) is 35.6 Å². The molecule has 1 heterocycles. The number of hydrogen-bond acceptors (Lipinski definition) is 5. The number of benzene rings is 2. The number of hydrogen-bond donors (Lipinski definition) is 1. The second-order valence-electron chi connectivity index (χ2n) is 8.13. The van der Waals surface area contributed by atoms with E-state index in [2.05, 4.69) is 5.32 Å². The van der Waals surface area contributed by atoms with Gasteiger partial charge >= 0.3 is 18.2 Å². The molecule has 1 atom stereocenters. The lowest BCUT2D eigenvalue weighted by molar-refractivity contribution is -0.137. The van der Waals surface area contributed by atoms with Crippen LogP contribution in [0, 0.1) is 22.7 Å². The van der Waals surface area contributed by atoms with Crippen LogP contribution in [0.1, 0.15) is 42.0 Å². The third kappa shape index (κ3) is 4.39. The fourth-order valence-electron chi connectivity index (χ4n) is 4.40. The first-order valence-corrected chi connectivity index (χ1v) is 10.9. The summed E-state index contributed by atoms with van der Waals surface area (Å²) in [7, 11) is 0. The van der Waals surface area contributed by atoms with Gasteiger partial charge in [-0.1, -0.05) is 18.2 Å². The number of carbonyl (C=O) groups is 3. The van der Waals surface area contributed by atoms with Gasteiger partial charge in [-0.25, -0.2) is 14.5 Å². The Labute approximate surface area is 203 Å². The normalized spacial score (nSPS) is 17.9. The molecule has 2 aromatic rings. The van der Waals surface area contributed by atoms with Gasteiger partial charge in [-0.2, -0.15) is 23.7 Å². The van der Waals surface area contributed by atoms with Crippen molar-refractivity contribution in [3.8, 4) is 12.1 Å². The number of imide groups is 1. The molecule has 0 bridgehead atoms. The van der Waals surface area contributed by atoms with Crippen molar-refractivity contribution in [2.45, 2.75) is 31.5 Å². The Morgan fingerprint density at radius 1 is 1.08 bits per heavy atom. The number of rotatable bonds is 3. The van der Waals surface area contributed by atoms with Gasteiger partial charge in [0, 0.05) is 17.7 Å². The van der Waals surface area contributed by atoms with E-state index in [1.807, 2.05) is 6.07 Å². The maximum atomic E-state index is 13.8. The van der Waals surface area contributed by atoms with Crippen molar-refractivity contribution in [2.24, 2.45) is 0 Å². The van der Waals surface area contributed by atoms with Gasteiger partial charge in [0.2, 0.25) is 0 Å². The number of nitrogens with zero attached hydrogens (tertiary/aromatic N) is 4. The monoisotopic (exact) mass is 493 g/mol. The number of allylic oxidation sites excluding steroid dienone is 1. The summed E-state index contributed by atoms with van der Waals surface area (Å²) in [6.07, 6.45) is -3.95. The maximum Gasteiger partial charge on any atom is 0.416 e. The van der Waals surface area contributed by atoms with E-state index in [4.69, 9.17) is 10.5 Å². The fraction of sp³-hybridized carbons (Fsp3) is 0.240. The van der Waals surface area contributed by atoms with Crippen LogP contribution in [-0.2, 0) is 11.0 Å². The van der Waals surface area contributed by atoms with E-state index in [1.165, 1.54) is 30.3 Å². The molecule has 0 aromatic heterocycles. The number of nitrogens with one attached hydrogen (secondary N) is 1. The number of ketones is 1. The first-order valence-electron chi connectivity index (χ1n) is 10.9. The van der Waals surface area contributed by atoms with Crippen LogP contribution in [0.4, 0.5) is 28.4 Å². The van der Waals surface area contributed by atoms with Crippen LogP contribution < -0.4 is 10.2 Å². The molecule has 0 radical (unpaired) electrons. The molecule has 4 amide bonds. The largest absolute Gasteiger partial charge is 0.416 e. The fourth-order valence-corrected chi connectivity index (χ4v) is 4.40. The summed E-state index contributed by atoms with van der Waals surface area (Å²) >= 11 is 0. The minimum atomic E-state index is -4.68. The van der Waals surface area contributed by atoms with Crippen molar-refractivity contribution in [1.29, 1.82) is 10.5 Å². The molecule has 0 saturated carbocycles. The van der Waals surface area contributed by atoms with Gasteiger partial charge in [-0.15, -0.1) is 0 Å². The number of anilines is 1. The summed E-state index contributed by atoms with van der Waals surface area (Å²) < 4.78 is 40.3. The lowest BCUT2D eigenvalue weighted by Crippen LogP contribution is -2.56. The third-order valence-electron chi connectivity index (χ3n) is 5.95. The van der Waals surface area contributed by atoms with Gasteiger partial charge in [0.25, 0.3) is 0 Å². The number of halogens is 3. The first kappa shape index (κ1) is 24.5. The van der Waals surface area contributed by atoms with Crippen molar-refractivity contribution in [3.05, 3.63) is 76.5 Å². The Morgan fingerprint density at radius 3 is 2.44 bits per heavy atom. The number of nitriles is 2. The van der Waals surface area contributed by atoms with E-state index in [0.717, 1.165) is 28.0 Å². The van der Waals surface area contributed by atoms with Crippen LogP contribution in [-0.4, -0.2) is 29.3 Å². The van der Waals surface area contributed by atoms with Gasteiger partial charge in [-0.05, 0) is 48.7 Å². The zero-order chi connectivity index (χ0) is 26.0. The predicted molar refractivity (Wildman–Crippen MR) is 120 cm³/mol. The highest BCUT2D eigenvalue weighted by Gasteiger charge is 2.47. The van der Waals surface area contributed by atoms with Crippen LogP contribution in [0.3, 0.4) is 0 Å². The highest BCUT2D eigenvalue weighted by molar-refractivity contribution is 6.11. The first-order chi connectivity index (χ1) is 17.2. The maximum absolute atomic E-state index is 13.8. The molecule has 11 heteroatoms. The zero-order valence-corrected chi connectivity index (χ0v) is 18.7. The second-order valence-corrected chi connectivity index (χ2v) is 8.13. The van der Waals surface area contributed by atoms with Gasteiger partial charge in [0.05, 0.1) is 35.0 Å². The van der Waals surface area contributed by atoms with E-state index < -0.39 is 36.4 Å². The van der Waals surface area contributed by atoms with Crippen molar-refractivity contribution in [1.82, 2.24) is 10.2 Å². The SMILES string of the molecule is N#CCNC(=O)N1C(=O)N(c2cccc(C(F)(F)F)c2)C2=C(C(=O)CCC2)C1c1ccc(C#N)cc1. The summed E-state index contributed by atoms with van der Waals surface area (Å²) in [6, 6.07) is 10.6. The van der Waals surface area contributed by atoms with Crippen LogP contribution in [0.2, 0.25) is 0 Å². The molecular formula is C25H18F3N5O3. The third-order valence-corrected chi connectivity index (χ3v) is 5.95. The molecule has 1 N–H and O–H groups in total. The van der Waals surface area contributed by atoms with E-state index >= 15 is 0 Å². The lowest BCUT2D eigenvalue weighted by Gasteiger charge is -2.44. The highest BCUT2D eigenvalue weighted by Crippen LogP contribution is 2.44. The predicted octanol–water partition coefficient (Wildman–Crippen LogP) is 4.80. The smallest absolute Gasteiger partial charge is 0.324 e. The average molecular weight is 493 g/mol. The van der Waals surface area contributed by atoms with Gasteiger partial charge < -0.3 is 5.32 Å². The Bertz CT molecular complexity index is 1350. The summed E-state index contributed by atoms with van der Waals surface area (Å²) in [4.78, 5) is 41.8. The molecule has 36 heavy (non-hydrogen) atoms. The Morgan fingerprint density at radius 2 is 1.81 bits per heavy atom. The number of Topliss-reactive ketones (excluding diaryl/α,β-unsaturated/α-hetero) is 1. The summed E-state index contributed by atoms with van der Waals surface area (Å²) in [6.45, 7) is -0.438. The molecule has 1 aliphatic carbocycles. The molecular weight excluding hydrogens is 475 g/mol. The number of alkyl halides is 3. The molecule has 0 fully saturated rings. The van der Waals surface area contributed by atoms with Crippen molar-refractivity contribution >= 4 is 23.5 Å². The van der Waals surface area contributed by atoms with Crippen molar-refractivity contribution in [3.63, 3.8) is 0 Å². The molecule has 182 valence electrons. The van der Waals surface area contributed by atoms with E-state index in [0.29, 0.717) is 17.5 Å². The molecule has 1 aliphatic heterocycles. The molecule has 8 nitrogen and oxygen atoms in total. The minimum absolute atomic E-state index is 0.107. The zero-order valence-electron chi connectivity index (χ0n) is 18.7.